The first kappa shape index (κ1) is 15.6. The van der Waals surface area contributed by atoms with Gasteiger partial charge in [-0.3, -0.25) is 0 Å². The summed E-state index contributed by atoms with van der Waals surface area (Å²) in [5.74, 6) is -1.44. The Bertz CT molecular complexity index is 567. The van der Waals surface area contributed by atoms with Crippen LogP contribution in [0.2, 0.25) is 5.02 Å². The minimum atomic E-state index is -1.05. The van der Waals surface area contributed by atoms with Crippen molar-refractivity contribution in [2.45, 2.75) is 25.8 Å². The van der Waals surface area contributed by atoms with E-state index in [9.17, 15) is 19.1 Å². The summed E-state index contributed by atoms with van der Waals surface area (Å²) in [5, 5.41) is 11.9. The predicted molar refractivity (Wildman–Crippen MR) is 77.0 cm³/mol. The van der Waals surface area contributed by atoms with E-state index in [2.05, 4.69) is 5.32 Å². The van der Waals surface area contributed by atoms with E-state index in [1.807, 2.05) is 6.92 Å². The first-order valence-corrected chi connectivity index (χ1v) is 7.01. The highest BCUT2D eigenvalue weighted by molar-refractivity contribution is 6.30. The van der Waals surface area contributed by atoms with Gasteiger partial charge in [-0.25, -0.2) is 14.0 Å². The molecular weight excluding hydrogens is 299 g/mol. The van der Waals surface area contributed by atoms with E-state index in [1.165, 1.54) is 17.0 Å². The van der Waals surface area contributed by atoms with Gasteiger partial charge in [-0.15, -0.1) is 0 Å². The molecule has 1 aliphatic rings. The number of amides is 2. The number of halogens is 2. The van der Waals surface area contributed by atoms with Gasteiger partial charge in [0.05, 0.1) is 5.69 Å². The van der Waals surface area contributed by atoms with Crippen molar-refractivity contribution in [2.75, 3.05) is 11.9 Å². The van der Waals surface area contributed by atoms with E-state index in [0.29, 0.717) is 13.0 Å². The second-order valence-electron chi connectivity index (χ2n) is 5.23. The lowest BCUT2D eigenvalue weighted by atomic mass is 9.93. The van der Waals surface area contributed by atoms with E-state index in [0.717, 1.165) is 12.5 Å². The predicted octanol–water partition coefficient (Wildman–Crippen LogP) is 3.20. The van der Waals surface area contributed by atoms with Gasteiger partial charge in [0.2, 0.25) is 0 Å². The highest BCUT2D eigenvalue weighted by Crippen LogP contribution is 2.25. The summed E-state index contributed by atoms with van der Waals surface area (Å²) < 4.78 is 13.6. The van der Waals surface area contributed by atoms with Gasteiger partial charge in [-0.05, 0) is 37.0 Å². The van der Waals surface area contributed by atoms with Crippen LogP contribution in [0, 0.1) is 11.7 Å². The van der Waals surface area contributed by atoms with Gasteiger partial charge >= 0.3 is 12.0 Å². The minimum Gasteiger partial charge on any atom is -0.480 e. The Labute approximate surface area is 126 Å². The van der Waals surface area contributed by atoms with Crippen molar-refractivity contribution in [2.24, 2.45) is 5.92 Å². The molecule has 114 valence electrons. The van der Waals surface area contributed by atoms with Gasteiger partial charge in [0.1, 0.15) is 11.9 Å². The Balaban J connectivity index is 2.15. The maximum atomic E-state index is 13.6. The van der Waals surface area contributed by atoms with Crippen molar-refractivity contribution in [3.8, 4) is 0 Å². The molecule has 5 nitrogen and oxygen atoms in total. The number of piperidine rings is 1. The molecule has 1 aromatic rings. The molecule has 1 aliphatic heterocycles. The third kappa shape index (κ3) is 3.64. The van der Waals surface area contributed by atoms with E-state index in [4.69, 9.17) is 11.6 Å². The maximum Gasteiger partial charge on any atom is 0.326 e. The van der Waals surface area contributed by atoms with Crippen LogP contribution in [-0.2, 0) is 4.79 Å². The lowest BCUT2D eigenvalue weighted by Crippen LogP contribution is -2.51. The van der Waals surface area contributed by atoms with Crippen LogP contribution in [0.25, 0.3) is 0 Å². The molecular formula is C14H16ClFN2O3. The first-order chi connectivity index (χ1) is 9.88. The van der Waals surface area contributed by atoms with Crippen molar-refractivity contribution in [3.63, 3.8) is 0 Å². The quantitative estimate of drug-likeness (QED) is 0.880. The van der Waals surface area contributed by atoms with Gasteiger partial charge in [0.25, 0.3) is 0 Å². The molecule has 1 saturated heterocycles. The Morgan fingerprint density at radius 3 is 2.86 bits per heavy atom. The normalized spacial score (nSPS) is 22.0. The summed E-state index contributed by atoms with van der Waals surface area (Å²) >= 11 is 5.76. The van der Waals surface area contributed by atoms with Crippen LogP contribution in [-0.4, -0.2) is 34.6 Å². The standard InChI is InChI=1S/C14H16ClFN2O3/c1-8-4-5-18(12(6-8)13(19)20)14(21)17-11-7-9(15)2-3-10(11)16/h2-3,7-8,12H,4-6H2,1H3,(H,17,21)(H,19,20). The van der Waals surface area contributed by atoms with Crippen molar-refractivity contribution in [3.05, 3.63) is 29.0 Å². The van der Waals surface area contributed by atoms with Crippen molar-refractivity contribution in [1.29, 1.82) is 0 Å². The van der Waals surface area contributed by atoms with E-state index in [-0.39, 0.29) is 16.6 Å². The molecule has 2 amide bonds. The molecule has 0 aromatic heterocycles. The number of nitrogens with zero attached hydrogens (tertiary/aromatic N) is 1. The number of benzene rings is 1. The summed E-state index contributed by atoms with van der Waals surface area (Å²) in [4.78, 5) is 24.7. The average Bonchev–Trinajstić information content (AvgIpc) is 2.42. The molecule has 7 heteroatoms. The van der Waals surface area contributed by atoms with E-state index in [1.54, 1.807) is 0 Å². The number of rotatable bonds is 2. The fourth-order valence-corrected chi connectivity index (χ4v) is 2.57. The van der Waals surface area contributed by atoms with Gasteiger partial charge < -0.3 is 15.3 Å². The van der Waals surface area contributed by atoms with Crippen LogP contribution >= 0.6 is 11.6 Å². The SMILES string of the molecule is CC1CCN(C(=O)Nc2cc(Cl)ccc2F)C(C(=O)O)C1. The van der Waals surface area contributed by atoms with Crippen molar-refractivity contribution in [1.82, 2.24) is 4.90 Å². The molecule has 0 saturated carbocycles. The van der Waals surface area contributed by atoms with Crippen LogP contribution < -0.4 is 5.32 Å². The number of aliphatic carboxylic acids is 1. The molecule has 2 atom stereocenters. The first-order valence-electron chi connectivity index (χ1n) is 6.64. The average molecular weight is 315 g/mol. The lowest BCUT2D eigenvalue weighted by molar-refractivity contribution is -0.143. The topological polar surface area (TPSA) is 69.6 Å². The Morgan fingerprint density at radius 1 is 1.48 bits per heavy atom. The van der Waals surface area contributed by atoms with Gasteiger partial charge in [-0.2, -0.15) is 0 Å². The van der Waals surface area contributed by atoms with Crippen LogP contribution in [0.5, 0.6) is 0 Å². The highest BCUT2D eigenvalue weighted by Gasteiger charge is 2.35. The highest BCUT2D eigenvalue weighted by atomic mass is 35.5. The third-order valence-corrected chi connectivity index (χ3v) is 3.82. The maximum absolute atomic E-state index is 13.6. The summed E-state index contributed by atoms with van der Waals surface area (Å²) in [6.45, 7) is 2.27. The van der Waals surface area contributed by atoms with Crippen LogP contribution in [0.4, 0.5) is 14.9 Å². The number of carboxylic acids is 1. The third-order valence-electron chi connectivity index (χ3n) is 3.58. The van der Waals surface area contributed by atoms with Crippen molar-refractivity contribution < 1.29 is 19.1 Å². The number of hydrogen-bond donors (Lipinski definition) is 2. The molecule has 0 aliphatic carbocycles. The lowest BCUT2D eigenvalue weighted by Gasteiger charge is -2.35. The molecule has 1 aromatic carbocycles. The number of nitrogens with one attached hydrogen (secondary N) is 1. The number of anilines is 1. The Kier molecular flexibility index (Phi) is 4.67. The minimum absolute atomic E-state index is 0.0599. The van der Waals surface area contributed by atoms with Gasteiger partial charge in [0.15, 0.2) is 0 Å². The summed E-state index contributed by atoms with van der Waals surface area (Å²) in [5.41, 5.74) is -0.0599. The fraction of sp³-hybridized carbons (Fsp3) is 0.429. The summed E-state index contributed by atoms with van der Waals surface area (Å²) in [6.07, 6.45) is 1.11. The van der Waals surface area contributed by atoms with E-state index >= 15 is 0 Å². The zero-order chi connectivity index (χ0) is 15.6. The van der Waals surface area contributed by atoms with Crippen LogP contribution in [0.3, 0.4) is 0 Å². The monoisotopic (exact) mass is 314 g/mol. The second-order valence-corrected chi connectivity index (χ2v) is 5.67. The van der Waals surface area contributed by atoms with Gasteiger partial charge in [-0.1, -0.05) is 18.5 Å². The smallest absolute Gasteiger partial charge is 0.326 e. The second kappa shape index (κ2) is 6.30. The van der Waals surface area contributed by atoms with E-state index < -0.39 is 23.9 Å². The Hall–Kier alpha value is -1.82. The summed E-state index contributed by atoms with van der Waals surface area (Å²) in [7, 11) is 0. The van der Waals surface area contributed by atoms with Crippen LogP contribution in [0.1, 0.15) is 19.8 Å². The number of urea groups is 1. The zero-order valence-electron chi connectivity index (χ0n) is 11.5. The molecule has 1 heterocycles. The molecule has 2 rings (SSSR count). The molecule has 21 heavy (non-hydrogen) atoms. The molecule has 0 radical (unpaired) electrons. The molecule has 2 unspecified atom stereocenters. The van der Waals surface area contributed by atoms with Crippen LogP contribution in [0.15, 0.2) is 18.2 Å². The number of carbonyl (C=O) groups excluding carboxylic acids is 1. The number of likely N-dealkylation sites (tertiary alicyclic amines) is 1. The Morgan fingerprint density at radius 2 is 2.19 bits per heavy atom. The molecule has 2 N–H and O–H groups in total. The summed E-state index contributed by atoms with van der Waals surface area (Å²) in [6, 6.07) is 2.28. The number of carbonyl (C=O) groups is 2. The largest absolute Gasteiger partial charge is 0.480 e. The fourth-order valence-electron chi connectivity index (χ4n) is 2.40. The number of hydrogen-bond acceptors (Lipinski definition) is 2. The van der Waals surface area contributed by atoms with Crippen molar-refractivity contribution >= 4 is 29.3 Å². The molecule has 0 spiro atoms. The van der Waals surface area contributed by atoms with Gasteiger partial charge in [0, 0.05) is 11.6 Å². The number of carboxylic acid groups (broad SMARTS) is 1. The molecule has 1 fully saturated rings. The zero-order valence-corrected chi connectivity index (χ0v) is 12.2. The molecule has 0 bridgehead atoms.